The number of carbonyl (C=O) groups excluding carboxylic acids is 2. The Bertz CT molecular complexity index is 1030. The molecule has 2 aliphatic rings. The number of esters is 1. The third-order valence-electron chi connectivity index (χ3n) is 4.57. The molecule has 0 saturated heterocycles. The molecule has 2 aliphatic heterocycles. The minimum atomic E-state index is -0.841. The third-order valence-corrected chi connectivity index (χ3v) is 4.57. The number of hydrogen-bond donors (Lipinski definition) is 1. The van der Waals surface area contributed by atoms with Crippen molar-refractivity contribution in [1.82, 2.24) is 5.43 Å². The number of dihydropyridines is 1. The zero-order valence-electron chi connectivity index (χ0n) is 14.8. The fourth-order valence-electron chi connectivity index (χ4n) is 3.26. The monoisotopic (exact) mass is 378 g/mol. The van der Waals surface area contributed by atoms with Gasteiger partial charge in [-0.2, -0.15) is 5.11 Å². The molecule has 8 heteroatoms. The standard InChI is InChI=1S/C20H15FN4O3/c1-28-20(27)15-14(18(26)12-7-9-13(21)10-8-12)16(11-5-3-2-4-6-11)22-19-17(15)23-25-24-19/h2-10,16-17H,1H3,(H,22,23,24). The Morgan fingerprint density at radius 3 is 2.39 bits per heavy atom. The maximum absolute atomic E-state index is 13.4. The van der Waals surface area contributed by atoms with Gasteiger partial charge in [-0.05, 0) is 29.8 Å². The average Bonchev–Trinajstić information content (AvgIpc) is 3.21. The molecule has 7 nitrogen and oxygen atoms in total. The van der Waals surface area contributed by atoms with Crippen LogP contribution in [0.15, 0.2) is 81.1 Å². The first-order chi connectivity index (χ1) is 13.6. The fourth-order valence-corrected chi connectivity index (χ4v) is 3.26. The van der Waals surface area contributed by atoms with E-state index in [1.165, 1.54) is 31.4 Å². The molecule has 0 fully saturated rings. The van der Waals surface area contributed by atoms with E-state index in [4.69, 9.17) is 4.74 Å². The first-order valence-electron chi connectivity index (χ1n) is 8.51. The number of amidine groups is 1. The van der Waals surface area contributed by atoms with Gasteiger partial charge in [0.05, 0.1) is 12.7 Å². The molecule has 2 aromatic rings. The smallest absolute Gasteiger partial charge is 0.337 e. The van der Waals surface area contributed by atoms with E-state index in [0.29, 0.717) is 11.4 Å². The second-order valence-electron chi connectivity index (χ2n) is 6.21. The van der Waals surface area contributed by atoms with Crippen molar-refractivity contribution >= 4 is 17.6 Å². The maximum atomic E-state index is 13.4. The van der Waals surface area contributed by atoms with Gasteiger partial charge in [0.1, 0.15) is 11.9 Å². The molecule has 0 spiro atoms. The van der Waals surface area contributed by atoms with Gasteiger partial charge in [-0.1, -0.05) is 35.6 Å². The van der Waals surface area contributed by atoms with E-state index in [1.807, 2.05) is 30.3 Å². The molecule has 0 aliphatic carbocycles. The second kappa shape index (κ2) is 7.15. The Balaban J connectivity index is 1.92. The van der Waals surface area contributed by atoms with Crippen LogP contribution in [0, 0.1) is 5.82 Å². The zero-order chi connectivity index (χ0) is 19.7. The number of hydrogen-bond acceptors (Lipinski definition) is 7. The number of benzene rings is 2. The third kappa shape index (κ3) is 2.98. The van der Waals surface area contributed by atoms with Gasteiger partial charge in [0.15, 0.2) is 17.7 Å². The topological polar surface area (TPSA) is 92.5 Å². The number of fused-ring (bicyclic) bond motifs is 1. The summed E-state index contributed by atoms with van der Waals surface area (Å²) in [6.45, 7) is 0. The quantitative estimate of drug-likeness (QED) is 0.654. The first-order valence-corrected chi connectivity index (χ1v) is 8.51. The number of methoxy groups -OCH3 is 1. The molecule has 0 bridgehead atoms. The number of ether oxygens (including phenoxy) is 1. The number of carbonyl (C=O) groups is 2. The van der Waals surface area contributed by atoms with Gasteiger partial charge >= 0.3 is 5.97 Å². The summed E-state index contributed by atoms with van der Waals surface area (Å²) in [5.74, 6) is -1.23. The second-order valence-corrected chi connectivity index (χ2v) is 6.21. The van der Waals surface area contributed by atoms with Crippen molar-refractivity contribution in [1.29, 1.82) is 0 Å². The van der Waals surface area contributed by atoms with Crippen LogP contribution in [0.3, 0.4) is 0 Å². The largest absolute Gasteiger partial charge is 0.466 e. The highest BCUT2D eigenvalue weighted by molar-refractivity contribution is 6.17. The first kappa shape index (κ1) is 17.7. The highest BCUT2D eigenvalue weighted by Crippen LogP contribution is 2.38. The normalized spacial score (nSPS) is 20.3. The molecular formula is C20H15FN4O3. The van der Waals surface area contributed by atoms with E-state index in [1.54, 1.807) is 0 Å². The highest BCUT2D eigenvalue weighted by Gasteiger charge is 2.42. The van der Waals surface area contributed by atoms with Crippen LogP contribution in [-0.2, 0) is 9.53 Å². The van der Waals surface area contributed by atoms with Gasteiger partial charge < -0.3 is 4.74 Å². The van der Waals surface area contributed by atoms with E-state index >= 15 is 0 Å². The molecule has 28 heavy (non-hydrogen) atoms. The van der Waals surface area contributed by atoms with Crippen LogP contribution >= 0.6 is 0 Å². The van der Waals surface area contributed by atoms with Crippen molar-refractivity contribution < 1.29 is 18.7 Å². The minimum Gasteiger partial charge on any atom is -0.466 e. The molecule has 0 amide bonds. The van der Waals surface area contributed by atoms with Gasteiger partial charge in [-0.15, -0.1) is 0 Å². The summed E-state index contributed by atoms with van der Waals surface area (Å²) in [5.41, 5.74) is 3.85. The predicted octanol–water partition coefficient (Wildman–Crippen LogP) is 2.97. The summed E-state index contributed by atoms with van der Waals surface area (Å²) in [7, 11) is 1.23. The van der Waals surface area contributed by atoms with E-state index in [2.05, 4.69) is 20.8 Å². The van der Waals surface area contributed by atoms with Crippen molar-refractivity contribution in [2.45, 2.75) is 12.1 Å². The number of nitrogens with one attached hydrogen (secondary N) is 1. The molecule has 2 heterocycles. The maximum Gasteiger partial charge on any atom is 0.337 e. The summed E-state index contributed by atoms with van der Waals surface area (Å²) in [4.78, 5) is 30.6. The van der Waals surface area contributed by atoms with Gasteiger partial charge in [0.25, 0.3) is 0 Å². The lowest BCUT2D eigenvalue weighted by Gasteiger charge is -2.26. The molecule has 2 unspecified atom stereocenters. The number of ketones is 1. The molecular weight excluding hydrogens is 363 g/mol. The summed E-state index contributed by atoms with van der Waals surface area (Å²) in [6, 6.07) is 12.6. The van der Waals surface area contributed by atoms with Crippen molar-refractivity contribution in [2.75, 3.05) is 7.11 Å². The Hall–Kier alpha value is -3.68. The number of halogens is 1. The van der Waals surface area contributed by atoms with Crippen LogP contribution < -0.4 is 5.43 Å². The van der Waals surface area contributed by atoms with Crippen LogP contribution in [0.2, 0.25) is 0 Å². The molecule has 140 valence electrons. The van der Waals surface area contributed by atoms with Crippen molar-refractivity contribution in [3.63, 3.8) is 0 Å². The van der Waals surface area contributed by atoms with Crippen LogP contribution in [0.4, 0.5) is 4.39 Å². The van der Waals surface area contributed by atoms with Crippen LogP contribution in [-0.4, -0.2) is 30.7 Å². The van der Waals surface area contributed by atoms with Crippen molar-refractivity contribution in [3.05, 3.63) is 82.7 Å². The summed E-state index contributed by atoms with van der Waals surface area (Å²) >= 11 is 0. The SMILES string of the molecule is COC(=O)C1=C(C(=O)c2ccc(F)cc2)C(c2ccccc2)N=C2NN=NC21. The molecule has 0 radical (unpaired) electrons. The van der Waals surface area contributed by atoms with Crippen molar-refractivity contribution in [3.8, 4) is 0 Å². The Labute approximate surface area is 159 Å². The number of rotatable bonds is 4. The van der Waals surface area contributed by atoms with Gasteiger partial charge in [-0.3, -0.25) is 9.79 Å². The van der Waals surface area contributed by atoms with Crippen LogP contribution in [0.5, 0.6) is 0 Å². The summed E-state index contributed by atoms with van der Waals surface area (Å²) in [5, 5.41) is 7.73. The van der Waals surface area contributed by atoms with Gasteiger partial charge in [-0.25, -0.2) is 14.6 Å². The fraction of sp³-hybridized carbons (Fsp3) is 0.150. The number of nitrogens with zero attached hydrogens (tertiary/aromatic N) is 3. The predicted molar refractivity (Wildman–Crippen MR) is 98.2 cm³/mol. The average molecular weight is 378 g/mol. The molecule has 2 atom stereocenters. The number of Topliss-reactive ketones (excluding diaryl/α,β-unsaturated/α-hetero) is 1. The summed E-state index contributed by atoms with van der Waals surface area (Å²) < 4.78 is 18.2. The van der Waals surface area contributed by atoms with Crippen LogP contribution in [0.1, 0.15) is 22.0 Å². The van der Waals surface area contributed by atoms with Crippen LogP contribution in [0.25, 0.3) is 0 Å². The highest BCUT2D eigenvalue weighted by atomic mass is 19.1. The van der Waals surface area contributed by atoms with E-state index in [9.17, 15) is 14.0 Å². The molecule has 2 aromatic carbocycles. The minimum absolute atomic E-state index is 0.0735. The molecule has 0 saturated carbocycles. The lowest BCUT2D eigenvalue weighted by molar-refractivity contribution is -0.136. The number of aliphatic imine (C=N–C) groups is 1. The lowest BCUT2D eigenvalue weighted by atomic mass is 9.84. The molecule has 4 rings (SSSR count). The molecule has 1 N–H and O–H groups in total. The Morgan fingerprint density at radius 1 is 1.00 bits per heavy atom. The van der Waals surface area contributed by atoms with Gasteiger partial charge in [0, 0.05) is 11.1 Å². The Kier molecular flexibility index (Phi) is 4.52. The van der Waals surface area contributed by atoms with Crippen molar-refractivity contribution in [2.24, 2.45) is 15.3 Å². The summed E-state index contributed by atoms with van der Waals surface area (Å²) in [6.07, 6.45) is 0. The Morgan fingerprint density at radius 2 is 1.71 bits per heavy atom. The van der Waals surface area contributed by atoms with E-state index < -0.39 is 29.7 Å². The van der Waals surface area contributed by atoms with E-state index in [-0.39, 0.29) is 16.7 Å². The van der Waals surface area contributed by atoms with E-state index in [0.717, 1.165) is 0 Å². The lowest BCUT2D eigenvalue weighted by Crippen LogP contribution is -2.37. The van der Waals surface area contributed by atoms with Gasteiger partial charge in [0.2, 0.25) is 0 Å². The molecule has 0 aromatic heterocycles. The zero-order valence-corrected chi connectivity index (χ0v) is 14.8.